The minimum atomic E-state index is -0.448. The van der Waals surface area contributed by atoms with Crippen LogP contribution in [0.15, 0.2) is 47.3 Å². The van der Waals surface area contributed by atoms with Gasteiger partial charge in [0.2, 0.25) is 0 Å². The van der Waals surface area contributed by atoms with Crippen molar-refractivity contribution in [3.05, 3.63) is 69.8 Å². The topological polar surface area (TPSA) is 84.5 Å². The molecule has 2 aromatic carbocycles. The van der Waals surface area contributed by atoms with E-state index in [0.29, 0.717) is 35.4 Å². The van der Waals surface area contributed by atoms with Crippen molar-refractivity contribution in [3.8, 4) is 5.75 Å². The second kappa shape index (κ2) is 8.67. The van der Waals surface area contributed by atoms with Gasteiger partial charge in [-0.3, -0.25) is 9.69 Å². The van der Waals surface area contributed by atoms with Gasteiger partial charge in [0.15, 0.2) is 0 Å². The molecule has 3 aromatic rings. The van der Waals surface area contributed by atoms with E-state index in [9.17, 15) is 9.59 Å². The van der Waals surface area contributed by atoms with Gasteiger partial charge in [0, 0.05) is 6.04 Å². The van der Waals surface area contributed by atoms with Gasteiger partial charge >= 0.3 is 5.97 Å². The van der Waals surface area contributed by atoms with Gasteiger partial charge in [-0.05, 0) is 62.2 Å². The molecule has 1 atom stereocenters. The third kappa shape index (κ3) is 4.07. The van der Waals surface area contributed by atoms with Crippen molar-refractivity contribution in [2.75, 3.05) is 20.3 Å². The molecule has 30 heavy (non-hydrogen) atoms. The molecule has 1 fully saturated rings. The van der Waals surface area contributed by atoms with Crippen molar-refractivity contribution in [1.82, 2.24) is 14.9 Å². The van der Waals surface area contributed by atoms with Crippen LogP contribution in [-0.2, 0) is 11.3 Å². The maximum atomic E-state index is 12.5. The van der Waals surface area contributed by atoms with E-state index < -0.39 is 5.97 Å². The van der Waals surface area contributed by atoms with Gasteiger partial charge in [0.1, 0.15) is 11.6 Å². The summed E-state index contributed by atoms with van der Waals surface area (Å²) < 4.78 is 10.3. The molecule has 7 nitrogen and oxygen atoms in total. The van der Waals surface area contributed by atoms with Crippen molar-refractivity contribution in [2.45, 2.75) is 32.4 Å². The number of carbonyl (C=O) groups is 1. The second-order valence-corrected chi connectivity index (χ2v) is 7.37. The van der Waals surface area contributed by atoms with Crippen LogP contribution in [-0.4, -0.2) is 41.1 Å². The van der Waals surface area contributed by atoms with Crippen LogP contribution in [0.2, 0.25) is 0 Å². The van der Waals surface area contributed by atoms with Crippen molar-refractivity contribution in [1.29, 1.82) is 0 Å². The van der Waals surface area contributed by atoms with Crippen LogP contribution >= 0.6 is 0 Å². The van der Waals surface area contributed by atoms with E-state index in [-0.39, 0.29) is 11.6 Å². The molecular weight excluding hydrogens is 382 g/mol. The molecule has 1 aromatic heterocycles. The summed E-state index contributed by atoms with van der Waals surface area (Å²) in [6.45, 7) is 4.08. The largest absolute Gasteiger partial charge is 0.494 e. The van der Waals surface area contributed by atoms with E-state index in [4.69, 9.17) is 9.47 Å². The lowest BCUT2D eigenvalue weighted by Crippen LogP contribution is -2.25. The minimum absolute atomic E-state index is 0.205. The summed E-state index contributed by atoms with van der Waals surface area (Å²) in [6, 6.07) is 13.3. The van der Waals surface area contributed by atoms with Crippen molar-refractivity contribution in [3.63, 3.8) is 0 Å². The van der Waals surface area contributed by atoms with Gasteiger partial charge in [-0.25, -0.2) is 9.78 Å². The fourth-order valence-electron chi connectivity index (χ4n) is 4.05. The molecule has 156 valence electrons. The van der Waals surface area contributed by atoms with E-state index in [0.717, 1.165) is 25.1 Å². The molecule has 1 N–H and O–H groups in total. The summed E-state index contributed by atoms with van der Waals surface area (Å²) in [5.74, 6) is 1.01. The fourth-order valence-corrected chi connectivity index (χ4v) is 4.05. The lowest BCUT2D eigenvalue weighted by molar-refractivity contribution is 0.0601. The Balaban J connectivity index is 1.59. The standard InChI is InChI=1S/C23H25N3O4/c1-3-30-17-9-6-15(7-10-17)20-5-4-12-26(20)14-21-24-19-13-16(23(28)29-2)8-11-18(19)22(27)25-21/h6-11,13,20H,3-5,12,14H2,1-2H3,(H,24,25,27). The summed E-state index contributed by atoms with van der Waals surface area (Å²) >= 11 is 0. The number of benzene rings is 2. The average Bonchev–Trinajstić information content (AvgIpc) is 3.21. The number of esters is 1. The number of H-pyrrole nitrogens is 1. The molecule has 0 bridgehead atoms. The van der Waals surface area contributed by atoms with E-state index in [1.807, 2.05) is 19.1 Å². The third-order valence-corrected chi connectivity index (χ3v) is 5.47. The van der Waals surface area contributed by atoms with Gasteiger partial charge in [-0.2, -0.15) is 0 Å². The molecule has 0 radical (unpaired) electrons. The Morgan fingerprint density at radius 3 is 2.77 bits per heavy atom. The van der Waals surface area contributed by atoms with Crippen LogP contribution in [0.3, 0.4) is 0 Å². The third-order valence-electron chi connectivity index (χ3n) is 5.47. The Morgan fingerprint density at radius 1 is 1.23 bits per heavy atom. The Kier molecular flexibility index (Phi) is 5.81. The molecule has 2 heterocycles. The normalized spacial score (nSPS) is 16.7. The Hall–Kier alpha value is -3.19. The van der Waals surface area contributed by atoms with Crippen LogP contribution < -0.4 is 10.3 Å². The quantitative estimate of drug-likeness (QED) is 0.630. The maximum Gasteiger partial charge on any atom is 0.337 e. The molecule has 0 spiro atoms. The summed E-state index contributed by atoms with van der Waals surface area (Å²) in [6.07, 6.45) is 2.14. The summed E-state index contributed by atoms with van der Waals surface area (Å²) in [4.78, 5) is 34.2. The number of ether oxygens (including phenoxy) is 2. The number of carbonyl (C=O) groups excluding carboxylic acids is 1. The zero-order valence-corrected chi connectivity index (χ0v) is 17.2. The lowest BCUT2D eigenvalue weighted by atomic mass is 10.0. The zero-order chi connectivity index (χ0) is 21.1. The number of hydrogen-bond acceptors (Lipinski definition) is 6. The van der Waals surface area contributed by atoms with E-state index in [1.54, 1.807) is 18.2 Å². The molecule has 1 aliphatic heterocycles. The van der Waals surface area contributed by atoms with Gasteiger partial charge in [-0.1, -0.05) is 12.1 Å². The molecule has 0 aliphatic carbocycles. The number of hydrogen-bond donors (Lipinski definition) is 1. The van der Waals surface area contributed by atoms with Crippen LogP contribution in [0, 0.1) is 0 Å². The molecule has 0 saturated carbocycles. The number of likely N-dealkylation sites (tertiary alicyclic amines) is 1. The van der Waals surface area contributed by atoms with Crippen LogP contribution in [0.4, 0.5) is 0 Å². The van der Waals surface area contributed by atoms with Gasteiger partial charge in [0.25, 0.3) is 5.56 Å². The van der Waals surface area contributed by atoms with E-state index in [2.05, 4.69) is 27.0 Å². The number of nitrogens with zero attached hydrogens (tertiary/aromatic N) is 2. The highest BCUT2D eigenvalue weighted by Gasteiger charge is 2.26. The summed E-state index contributed by atoms with van der Waals surface area (Å²) in [5.41, 5.74) is 1.89. The Bertz CT molecular complexity index is 1110. The number of aromatic nitrogens is 2. The van der Waals surface area contributed by atoms with E-state index in [1.165, 1.54) is 12.7 Å². The highest BCUT2D eigenvalue weighted by molar-refractivity contribution is 5.93. The molecule has 7 heteroatoms. The predicted molar refractivity (Wildman–Crippen MR) is 114 cm³/mol. The first-order chi connectivity index (χ1) is 14.6. The molecule has 1 unspecified atom stereocenters. The Labute approximate surface area is 174 Å². The van der Waals surface area contributed by atoms with Gasteiger partial charge < -0.3 is 14.5 Å². The molecule has 4 rings (SSSR count). The second-order valence-electron chi connectivity index (χ2n) is 7.37. The highest BCUT2D eigenvalue weighted by atomic mass is 16.5. The number of fused-ring (bicyclic) bond motifs is 1. The monoisotopic (exact) mass is 407 g/mol. The first-order valence-corrected chi connectivity index (χ1v) is 10.2. The number of nitrogens with one attached hydrogen (secondary N) is 1. The van der Waals surface area contributed by atoms with Gasteiger partial charge in [0.05, 0.1) is 36.7 Å². The van der Waals surface area contributed by atoms with E-state index >= 15 is 0 Å². The fraction of sp³-hybridized carbons (Fsp3) is 0.348. The molecular formula is C23H25N3O4. The smallest absolute Gasteiger partial charge is 0.337 e. The average molecular weight is 407 g/mol. The number of aromatic amines is 1. The Morgan fingerprint density at radius 2 is 2.03 bits per heavy atom. The van der Waals surface area contributed by atoms with Crippen LogP contribution in [0.5, 0.6) is 5.75 Å². The van der Waals surface area contributed by atoms with Gasteiger partial charge in [-0.15, -0.1) is 0 Å². The molecule has 1 saturated heterocycles. The van der Waals surface area contributed by atoms with Crippen molar-refractivity contribution in [2.24, 2.45) is 0 Å². The zero-order valence-electron chi connectivity index (χ0n) is 17.2. The number of rotatable bonds is 6. The SMILES string of the molecule is CCOc1ccc(C2CCCN2Cc2nc3cc(C(=O)OC)ccc3c(=O)[nH]2)cc1. The minimum Gasteiger partial charge on any atom is -0.494 e. The molecule has 1 aliphatic rings. The molecule has 0 amide bonds. The van der Waals surface area contributed by atoms with Crippen LogP contribution in [0.25, 0.3) is 10.9 Å². The predicted octanol–water partition coefficient (Wildman–Crippen LogP) is 3.45. The highest BCUT2D eigenvalue weighted by Crippen LogP contribution is 2.33. The van der Waals surface area contributed by atoms with Crippen molar-refractivity contribution < 1.29 is 14.3 Å². The first kappa shape index (κ1) is 20.1. The summed E-state index contributed by atoms with van der Waals surface area (Å²) in [5, 5.41) is 0.455. The lowest BCUT2D eigenvalue weighted by Gasteiger charge is -2.24. The summed E-state index contributed by atoms with van der Waals surface area (Å²) in [7, 11) is 1.33. The van der Waals surface area contributed by atoms with Crippen molar-refractivity contribution >= 4 is 16.9 Å². The first-order valence-electron chi connectivity index (χ1n) is 10.2. The maximum absolute atomic E-state index is 12.5. The van der Waals surface area contributed by atoms with Crippen LogP contribution in [0.1, 0.15) is 47.6 Å². The number of methoxy groups -OCH3 is 1.